The maximum Gasteiger partial charge on any atom is 0.217 e. The number of hydroxylamine groups is 3. The zero-order valence-electron chi connectivity index (χ0n) is 7.90. The van der Waals surface area contributed by atoms with Crippen LogP contribution in [0.3, 0.4) is 0 Å². The molecule has 0 heterocycles. The van der Waals surface area contributed by atoms with Crippen molar-refractivity contribution in [2.45, 2.75) is 0 Å². The van der Waals surface area contributed by atoms with Crippen LogP contribution in [0.2, 0.25) is 0 Å². The molecule has 0 aromatic heterocycles. The first-order valence-electron chi connectivity index (χ1n) is 3.01. The molecule has 6 nitrogen and oxygen atoms in total. The molecule has 0 amide bonds. The van der Waals surface area contributed by atoms with Gasteiger partial charge in [-0.3, -0.25) is 4.18 Å². The lowest BCUT2D eigenvalue weighted by atomic mass is 10.9. The van der Waals surface area contributed by atoms with Crippen molar-refractivity contribution >= 4 is 10.4 Å². The summed E-state index contributed by atoms with van der Waals surface area (Å²) in [6.07, 6.45) is 0. The third-order valence-electron chi connectivity index (χ3n) is 0.752. The van der Waals surface area contributed by atoms with Gasteiger partial charge in [0.2, 0.25) is 10.4 Å². The zero-order valence-corrected chi connectivity index (χ0v) is 8.71. The lowest BCUT2D eigenvalue weighted by molar-refractivity contribution is -1.06. The highest BCUT2D eigenvalue weighted by Gasteiger charge is 2.00. The minimum atomic E-state index is -4.41. The molecule has 76 valence electrons. The molecule has 0 N–H and O–H groups in total. The third kappa shape index (κ3) is 22.6. The van der Waals surface area contributed by atoms with E-state index in [1.165, 1.54) is 0 Å². The van der Waals surface area contributed by atoms with E-state index in [1.54, 1.807) is 7.11 Å². The van der Waals surface area contributed by atoms with Crippen LogP contribution in [-0.2, 0) is 19.4 Å². The molecule has 0 aliphatic rings. The van der Waals surface area contributed by atoms with Gasteiger partial charge < -0.3 is 4.55 Å². The fourth-order valence-corrected chi connectivity index (χ4v) is 0. The van der Waals surface area contributed by atoms with Crippen LogP contribution in [-0.4, -0.2) is 53.0 Å². The summed E-state index contributed by atoms with van der Waals surface area (Å²) in [6.45, 7) is 0. The van der Waals surface area contributed by atoms with Crippen LogP contribution < -0.4 is 0 Å². The molecule has 0 rings (SSSR count). The standard InChI is InChI=1S/C4H12NO.CH4O4S/c1-5(2,3)6-4;1-5-6(2,3)4/h1-4H3;1H3,(H,2,3,4)/q+1;/p-1. The van der Waals surface area contributed by atoms with Gasteiger partial charge in [-0.25, -0.2) is 13.3 Å². The Balaban J connectivity index is 0. The number of hydrogen-bond donors (Lipinski definition) is 0. The summed E-state index contributed by atoms with van der Waals surface area (Å²) >= 11 is 0. The summed E-state index contributed by atoms with van der Waals surface area (Å²) in [5.41, 5.74) is 0. The quantitative estimate of drug-likeness (QED) is 0.257. The molecule has 0 radical (unpaired) electrons. The molecule has 0 saturated carbocycles. The molecule has 0 aliphatic carbocycles. The van der Waals surface area contributed by atoms with Gasteiger partial charge in [-0.2, -0.15) is 4.65 Å². The fraction of sp³-hybridized carbons (Fsp3) is 1.00. The van der Waals surface area contributed by atoms with Crippen molar-refractivity contribution < 1.29 is 26.6 Å². The molecule has 7 heteroatoms. The van der Waals surface area contributed by atoms with Crippen LogP contribution in [0.4, 0.5) is 0 Å². The monoisotopic (exact) mass is 201 g/mol. The number of quaternary nitrogens is 1. The van der Waals surface area contributed by atoms with Crippen LogP contribution >= 0.6 is 0 Å². The van der Waals surface area contributed by atoms with E-state index in [4.69, 9.17) is 4.84 Å². The van der Waals surface area contributed by atoms with Crippen LogP contribution in [0.1, 0.15) is 0 Å². The van der Waals surface area contributed by atoms with Gasteiger partial charge in [0.1, 0.15) is 0 Å². The van der Waals surface area contributed by atoms with E-state index in [-0.39, 0.29) is 0 Å². The SMILES string of the molecule is COS(=O)(=O)[O-].CO[N+](C)(C)C. The van der Waals surface area contributed by atoms with Gasteiger partial charge in [-0.05, 0) is 0 Å². The Hall–Kier alpha value is -0.210. The van der Waals surface area contributed by atoms with Crippen molar-refractivity contribution in [3.8, 4) is 0 Å². The highest BCUT2D eigenvalue weighted by Crippen LogP contribution is 1.84. The van der Waals surface area contributed by atoms with Crippen molar-refractivity contribution in [1.82, 2.24) is 0 Å². The Bertz CT molecular complexity index is 192. The minimum absolute atomic E-state index is 0.569. The van der Waals surface area contributed by atoms with Crippen molar-refractivity contribution in [3.05, 3.63) is 0 Å². The molecule has 0 aliphatic heterocycles. The predicted molar refractivity (Wildman–Crippen MR) is 41.7 cm³/mol. The van der Waals surface area contributed by atoms with E-state index in [9.17, 15) is 13.0 Å². The minimum Gasteiger partial charge on any atom is -0.726 e. The van der Waals surface area contributed by atoms with Gasteiger partial charge in [0.05, 0.1) is 35.4 Å². The number of rotatable bonds is 2. The number of hydrogen-bond acceptors (Lipinski definition) is 5. The topological polar surface area (TPSA) is 75.7 Å². The Morgan fingerprint density at radius 1 is 1.17 bits per heavy atom. The second kappa shape index (κ2) is 5.44. The molecule has 0 unspecified atom stereocenters. The third-order valence-corrected chi connectivity index (χ3v) is 1.16. The van der Waals surface area contributed by atoms with Gasteiger partial charge in [0.15, 0.2) is 0 Å². The number of nitrogens with zero attached hydrogens (tertiary/aromatic N) is 1. The summed E-state index contributed by atoms with van der Waals surface area (Å²) in [6, 6.07) is 0. The van der Waals surface area contributed by atoms with E-state index >= 15 is 0 Å². The van der Waals surface area contributed by atoms with Crippen LogP contribution in [0, 0.1) is 0 Å². The van der Waals surface area contributed by atoms with Gasteiger partial charge in [-0.1, -0.05) is 0 Å². The van der Waals surface area contributed by atoms with Crippen LogP contribution in [0.5, 0.6) is 0 Å². The smallest absolute Gasteiger partial charge is 0.217 e. The average molecular weight is 201 g/mol. The molecule has 0 spiro atoms. The Morgan fingerprint density at radius 2 is 1.33 bits per heavy atom. The van der Waals surface area contributed by atoms with Crippen LogP contribution in [0.15, 0.2) is 0 Å². The van der Waals surface area contributed by atoms with E-state index in [0.29, 0.717) is 4.65 Å². The summed E-state index contributed by atoms with van der Waals surface area (Å²) < 4.78 is 31.6. The van der Waals surface area contributed by atoms with E-state index in [0.717, 1.165) is 7.11 Å². The van der Waals surface area contributed by atoms with Gasteiger partial charge >= 0.3 is 0 Å². The van der Waals surface area contributed by atoms with Crippen molar-refractivity contribution in [2.24, 2.45) is 0 Å². The van der Waals surface area contributed by atoms with E-state index in [1.807, 2.05) is 21.1 Å². The average Bonchev–Trinajstić information content (AvgIpc) is 1.86. The first-order chi connectivity index (χ1) is 5.12. The lowest BCUT2D eigenvalue weighted by Crippen LogP contribution is -2.32. The summed E-state index contributed by atoms with van der Waals surface area (Å²) in [4.78, 5) is 4.88. The van der Waals surface area contributed by atoms with Gasteiger partial charge in [0.25, 0.3) is 0 Å². The summed E-state index contributed by atoms with van der Waals surface area (Å²) in [5, 5.41) is 0. The summed E-state index contributed by atoms with van der Waals surface area (Å²) in [5.74, 6) is 0. The zero-order chi connectivity index (χ0) is 10.4. The fourth-order valence-electron chi connectivity index (χ4n) is 0. The Labute approximate surface area is 73.2 Å². The molecular weight excluding hydrogens is 186 g/mol. The van der Waals surface area contributed by atoms with E-state index in [2.05, 4.69) is 4.18 Å². The highest BCUT2D eigenvalue weighted by molar-refractivity contribution is 7.80. The first-order valence-corrected chi connectivity index (χ1v) is 4.34. The first kappa shape index (κ1) is 14.3. The summed E-state index contributed by atoms with van der Waals surface area (Å²) in [7, 11) is 3.95. The molecule has 0 saturated heterocycles. The highest BCUT2D eigenvalue weighted by atomic mass is 32.3. The molecule has 0 fully saturated rings. The molecule has 0 atom stereocenters. The predicted octanol–water partition coefficient (Wildman–Crippen LogP) is -0.653. The Kier molecular flexibility index (Phi) is 6.49. The second-order valence-corrected chi connectivity index (χ2v) is 3.80. The second-order valence-electron chi connectivity index (χ2n) is 2.65. The van der Waals surface area contributed by atoms with Crippen molar-refractivity contribution in [3.63, 3.8) is 0 Å². The van der Waals surface area contributed by atoms with Crippen molar-refractivity contribution in [2.75, 3.05) is 35.4 Å². The Morgan fingerprint density at radius 3 is 1.33 bits per heavy atom. The molecular formula is C5H15NO5S. The maximum atomic E-state index is 9.22. The van der Waals surface area contributed by atoms with Crippen molar-refractivity contribution in [1.29, 1.82) is 0 Å². The van der Waals surface area contributed by atoms with Gasteiger partial charge in [-0.15, -0.1) is 0 Å². The largest absolute Gasteiger partial charge is 0.726 e. The molecule has 0 aromatic carbocycles. The lowest BCUT2D eigenvalue weighted by Gasteiger charge is -2.17. The van der Waals surface area contributed by atoms with E-state index < -0.39 is 10.4 Å². The van der Waals surface area contributed by atoms with Crippen LogP contribution in [0.25, 0.3) is 0 Å². The van der Waals surface area contributed by atoms with Gasteiger partial charge in [0, 0.05) is 0 Å². The molecule has 0 bridgehead atoms. The molecule has 0 aromatic rings. The maximum absolute atomic E-state index is 9.22. The normalized spacial score (nSPS) is 11.8. The molecule has 12 heavy (non-hydrogen) atoms.